The maximum Gasteiger partial charge on any atom is 0.267 e. The van der Waals surface area contributed by atoms with Crippen LogP contribution in [0.15, 0.2) is 36.4 Å². The van der Waals surface area contributed by atoms with Crippen LogP contribution in [-0.2, 0) is 4.79 Å². The lowest BCUT2D eigenvalue weighted by Gasteiger charge is -2.13. The number of rotatable bonds is 5. The number of pyridine rings is 1. The number of benzene rings is 1. The molecule has 0 saturated carbocycles. The van der Waals surface area contributed by atoms with Gasteiger partial charge in [-0.15, -0.1) is 0 Å². The molecule has 3 N–H and O–H groups in total. The first-order valence-corrected chi connectivity index (χ1v) is 8.13. The lowest BCUT2D eigenvalue weighted by atomic mass is 10.1. The molecule has 0 spiro atoms. The number of hydrogen-bond acceptors (Lipinski definition) is 4. The molecule has 0 atom stereocenters. The van der Waals surface area contributed by atoms with E-state index in [1.165, 1.54) is 4.90 Å². The summed E-state index contributed by atoms with van der Waals surface area (Å²) in [5.74, 6) is 5.08. The Labute approximate surface area is 152 Å². The zero-order chi connectivity index (χ0) is 19.1. The first kappa shape index (κ1) is 19.2. The smallest absolute Gasteiger partial charge is 0.267 e. The Morgan fingerprint density at radius 3 is 2.73 bits per heavy atom. The van der Waals surface area contributed by atoms with Crippen molar-refractivity contribution in [1.82, 2.24) is 9.88 Å². The van der Waals surface area contributed by atoms with E-state index in [4.69, 9.17) is 10.8 Å². The van der Waals surface area contributed by atoms with Crippen molar-refractivity contribution in [3.63, 3.8) is 0 Å². The minimum atomic E-state index is -0.573. The number of primary amides is 1. The minimum Gasteiger partial charge on any atom is -0.395 e. The number of hydrogen-bond donors (Lipinski definition) is 2. The van der Waals surface area contributed by atoms with E-state index in [2.05, 4.69) is 16.8 Å². The first-order chi connectivity index (χ1) is 12.4. The molecule has 134 valence electrons. The van der Waals surface area contributed by atoms with Crippen molar-refractivity contribution in [3.8, 4) is 23.1 Å². The highest BCUT2D eigenvalue weighted by molar-refractivity contribution is 5.91. The molecule has 0 bridgehead atoms. The van der Waals surface area contributed by atoms with Gasteiger partial charge in [0, 0.05) is 24.7 Å². The zero-order valence-electron chi connectivity index (χ0n) is 14.8. The summed E-state index contributed by atoms with van der Waals surface area (Å²) in [6, 6.07) is 10.9. The molecule has 2 rings (SSSR count). The average molecular weight is 351 g/mol. The average Bonchev–Trinajstić information content (AvgIpc) is 2.61. The quantitative estimate of drug-likeness (QED) is 0.795. The van der Waals surface area contributed by atoms with Crippen LogP contribution in [0.4, 0.5) is 0 Å². The lowest BCUT2D eigenvalue weighted by Crippen LogP contribution is -2.28. The monoisotopic (exact) mass is 351 g/mol. The number of likely N-dealkylation sites (N-methyl/N-ethyl adjacent to an activating group) is 1. The van der Waals surface area contributed by atoms with Crippen molar-refractivity contribution in [2.24, 2.45) is 5.73 Å². The fourth-order valence-electron chi connectivity index (χ4n) is 2.33. The number of nitrogens with zero attached hydrogens (tertiary/aromatic N) is 2. The highest BCUT2D eigenvalue weighted by Gasteiger charge is 2.08. The number of nitrogens with two attached hydrogens (primary N) is 1. The van der Waals surface area contributed by atoms with Crippen LogP contribution in [0.25, 0.3) is 11.3 Å². The molecule has 0 radical (unpaired) electrons. The fourth-order valence-corrected chi connectivity index (χ4v) is 2.33. The molecule has 6 nitrogen and oxygen atoms in total. The standard InChI is InChI=1S/C20H21N3O3/c1-14-11-17(22-18(12-14)20(21)26)16-7-3-5-15(13-16)6-4-8-19(25)23(2)9-10-24/h3,5,7,11-13,24H,8-10H2,1-2H3,(H2,21,26). The molecular formula is C20H21N3O3. The molecule has 1 aromatic carbocycles. The highest BCUT2D eigenvalue weighted by Crippen LogP contribution is 2.20. The Balaban J connectivity index is 2.21. The topological polar surface area (TPSA) is 96.5 Å². The van der Waals surface area contributed by atoms with Crippen LogP contribution in [0.3, 0.4) is 0 Å². The maximum atomic E-state index is 11.8. The van der Waals surface area contributed by atoms with Gasteiger partial charge in [-0.05, 0) is 36.8 Å². The number of carbonyl (C=O) groups is 2. The summed E-state index contributed by atoms with van der Waals surface area (Å²) in [7, 11) is 1.63. The van der Waals surface area contributed by atoms with Crippen LogP contribution in [0.1, 0.15) is 28.0 Å². The molecular weight excluding hydrogens is 330 g/mol. The predicted molar refractivity (Wildman–Crippen MR) is 99.1 cm³/mol. The van der Waals surface area contributed by atoms with Gasteiger partial charge < -0.3 is 15.7 Å². The maximum absolute atomic E-state index is 11.8. The van der Waals surface area contributed by atoms with Crippen molar-refractivity contribution in [2.75, 3.05) is 20.2 Å². The normalized spacial score (nSPS) is 9.96. The molecule has 2 aromatic rings. The van der Waals surface area contributed by atoms with Crippen LogP contribution < -0.4 is 5.73 Å². The van der Waals surface area contributed by atoms with Gasteiger partial charge in [0.05, 0.1) is 18.7 Å². The third-order valence-electron chi connectivity index (χ3n) is 3.71. The Bertz CT molecular complexity index is 881. The van der Waals surface area contributed by atoms with E-state index in [9.17, 15) is 9.59 Å². The van der Waals surface area contributed by atoms with Gasteiger partial charge in [-0.25, -0.2) is 4.98 Å². The van der Waals surface area contributed by atoms with Gasteiger partial charge in [-0.1, -0.05) is 24.0 Å². The van der Waals surface area contributed by atoms with E-state index in [1.807, 2.05) is 37.3 Å². The second-order valence-electron chi connectivity index (χ2n) is 5.88. The molecule has 0 unspecified atom stereocenters. The second-order valence-corrected chi connectivity index (χ2v) is 5.88. The van der Waals surface area contributed by atoms with Crippen molar-refractivity contribution in [2.45, 2.75) is 13.3 Å². The summed E-state index contributed by atoms with van der Waals surface area (Å²) in [6.07, 6.45) is 0.0786. The molecule has 0 fully saturated rings. The van der Waals surface area contributed by atoms with Crippen LogP contribution in [0.2, 0.25) is 0 Å². The second kappa shape index (κ2) is 8.79. The SMILES string of the molecule is Cc1cc(C(N)=O)nc(-c2cccc(C#CCC(=O)N(C)CCO)c2)c1. The number of aryl methyl sites for hydroxylation is 1. The summed E-state index contributed by atoms with van der Waals surface area (Å²) < 4.78 is 0. The number of amides is 2. The van der Waals surface area contributed by atoms with Gasteiger partial charge in [-0.3, -0.25) is 9.59 Å². The summed E-state index contributed by atoms with van der Waals surface area (Å²) in [5.41, 5.74) is 8.62. The van der Waals surface area contributed by atoms with Gasteiger partial charge in [0.15, 0.2) is 0 Å². The van der Waals surface area contributed by atoms with Crippen LogP contribution in [0.5, 0.6) is 0 Å². The summed E-state index contributed by atoms with van der Waals surface area (Å²) in [6.45, 7) is 2.08. The molecule has 2 amide bonds. The fraction of sp³-hybridized carbons (Fsp3) is 0.250. The van der Waals surface area contributed by atoms with Gasteiger partial charge in [0.25, 0.3) is 5.91 Å². The van der Waals surface area contributed by atoms with Crippen molar-refractivity contribution in [3.05, 3.63) is 53.2 Å². The molecule has 0 aliphatic heterocycles. The molecule has 1 heterocycles. The molecule has 0 aliphatic carbocycles. The van der Waals surface area contributed by atoms with Crippen molar-refractivity contribution >= 4 is 11.8 Å². The van der Waals surface area contributed by atoms with Gasteiger partial charge in [0.2, 0.25) is 5.91 Å². The van der Waals surface area contributed by atoms with Crippen molar-refractivity contribution < 1.29 is 14.7 Å². The molecule has 0 aliphatic rings. The largest absolute Gasteiger partial charge is 0.395 e. The lowest BCUT2D eigenvalue weighted by molar-refractivity contribution is -0.129. The number of carbonyl (C=O) groups excluding carboxylic acids is 2. The van der Waals surface area contributed by atoms with Crippen LogP contribution >= 0.6 is 0 Å². The van der Waals surface area contributed by atoms with E-state index in [0.29, 0.717) is 5.69 Å². The van der Waals surface area contributed by atoms with E-state index in [1.54, 1.807) is 13.1 Å². The first-order valence-electron chi connectivity index (χ1n) is 8.13. The molecule has 1 aromatic heterocycles. The number of aliphatic hydroxyl groups is 1. The Kier molecular flexibility index (Phi) is 6.48. The van der Waals surface area contributed by atoms with E-state index in [0.717, 1.165) is 16.7 Å². The summed E-state index contributed by atoms with van der Waals surface area (Å²) in [4.78, 5) is 28.9. The highest BCUT2D eigenvalue weighted by atomic mass is 16.3. The van der Waals surface area contributed by atoms with Gasteiger partial charge >= 0.3 is 0 Å². The van der Waals surface area contributed by atoms with E-state index < -0.39 is 5.91 Å². The molecule has 6 heteroatoms. The summed E-state index contributed by atoms with van der Waals surface area (Å²) >= 11 is 0. The minimum absolute atomic E-state index is 0.0749. The Morgan fingerprint density at radius 2 is 2.04 bits per heavy atom. The summed E-state index contributed by atoms with van der Waals surface area (Å²) in [5, 5.41) is 8.84. The van der Waals surface area contributed by atoms with Gasteiger partial charge in [0.1, 0.15) is 5.69 Å². The third kappa shape index (κ3) is 5.16. The van der Waals surface area contributed by atoms with Crippen LogP contribution in [0, 0.1) is 18.8 Å². The number of aliphatic hydroxyl groups excluding tert-OH is 1. The molecule has 0 saturated heterocycles. The zero-order valence-corrected chi connectivity index (χ0v) is 14.8. The van der Waals surface area contributed by atoms with Gasteiger partial charge in [-0.2, -0.15) is 0 Å². The Morgan fingerprint density at radius 1 is 1.27 bits per heavy atom. The molecule has 26 heavy (non-hydrogen) atoms. The van der Waals surface area contributed by atoms with E-state index >= 15 is 0 Å². The van der Waals surface area contributed by atoms with Crippen LogP contribution in [-0.4, -0.2) is 47.0 Å². The number of aromatic nitrogens is 1. The predicted octanol–water partition coefficient (Wildman–Crippen LogP) is 1.35. The van der Waals surface area contributed by atoms with Crippen molar-refractivity contribution in [1.29, 1.82) is 0 Å². The van der Waals surface area contributed by atoms with E-state index in [-0.39, 0.29) is 31.2 Å². The third-order valence-corrected chi connectivity index (χ3v) is 3.71. The Hall–Kier alpha value is -3.17.